The second-order valence-corrected chi connectivity index (χ2v) is 9.03. The van der Waals surface area contributed by atoms with Gasteiger partial charge in [0.15, 0.2) is 0 Å². The van der Waals surface area contributed by atoms with Crippen molar-refractivity contribution in [3.05, 3.63) is 29.8 Å². The average Bonchev–Trinajstić information content (AvgIpc) is 2.58. The number of rotatable bonds is 6. The monoisotopic (exact) mass is 340 g/mol. The number of carbonyl (C=O) groups excluding carboxylic acids is 1. The van der Waals surface area contributed by atoms with E-state index in [-0.39, 0.29) is 6.03 Å². The van der Waals surface area contributed by atoms with Gasteiger partial charge in [-0.2, -0.15) is 0 Å². The van der Waals surface area contributed by atoms with Crippen LogP contribution in [0.2, 0.25) is 0 Å². The van der Waals surface area contributed by atoms with Gasteiger partial charge in [0.1, 0.15) is 0 Å². The van der Waals surface area contributed by atoms with E-state index in [9.17, 15) is 4.79 Å². The zero-order chi connectivity index (χ0) is 17.3. The van der Waals surface area contributed by atoms with E-state index in [1.807, 2.05) is 12.1 Å². The molecule has 0 saturated heterocycles. The molecule has 0 heterocycles. The third-order valence-corrected chi connectivity index (χ3v) is 6.82. The molecular weight excluding hydrogens is 308 g/mol. The SMILES string of the molecule is CCCCc1ccc(NC(=O)NCC23CC4CC(CC(C4)C2)C3)cc1. The van der Waals surface area contributed by atoms with E-state index in [1.165, 1.54) is 56.9 Å². The quantitative estimate of drug-likeness (QED) is 0.718. The van der Waals surface area contributed by atoms with Crippen molar-refractivity contribution in [2.75, 3.05) is 11.9 Å². The molecule has 4 bridgehead atoms. The summed E-state index contributed by atoms with van der Waals surface area (Å²) in [5, 5.41) is 6.19. The van der Waals surface area contributed by atoms with Crippen LogP contribution in [0.25, 0.3) is 0 Å². The fraction of sp³-hybridized carbons (Fsp3) is 0.682. The molecule has 4 aliphatic carbocycles. The molecule has 1 aromatic rings. The number of hydrogen-bond donors (Lipinski definition) is 2. The van der Waals surface area contributed by atoms with Crippen molar-refractivity contribution in [3.8, 4) is 0 Å². The summed E-state index contributed by atoms with van der Waals surface area (Å²) in [5.74, 6) is 2.81. The maximum absolute atomic E-state index is 12.3. The Bertz CT molecular complexity index is 572. The van der Waals surface area contributed by atoms with Crippen LogP contribution >= 0.6 is 0 Å². The summed E-state index contributed by atoms with van der Waals surface area (Å²) in [5.41, 5.74) is 2.64. The van der Waals surface area contributed by atoms with Gasteiger partial charge in [0.05, 0.1) is 0 Å². The molecule has 0 aliphatic heterocycles. The van der Waals surface area contributed by atoms with Gasteiger partial charge in [-0.05, 0) is 92.2 Å². The molecule has 4 aliphatic rings. The van der Waals surface area contributed by atoms with Crippen LogP contribution in [0.3, 0.4) is 0 Å². The predicted molar refractivity (Wildman–Crippen MR) is 103 cm³/mol. The Morgan fingerprint density at radius 1 is 1.04 bits per heavy atom. The van der Waals surface area contributed by atoms with Crippen LogP contribution in [0.1, 0.15) is 63.9 Å². The fourth-order valence-corrected chi connectivity index (χ4v) is 6.09. The smallest absolute Gasteiger partial charge is 0.319 e. The molecule has 0 unspecified atom stereocenters. The fourth-order valence-electron chi connectivity index (χ4n) is 6.09. The van der Waals surface area contributed by atoms with Crippen LogP contribution in [0.5, 0.6) is 0 Å². The summed E-state index contributed by atoms with van der Waals surface area (Å²) < 4.78 is 0. The molecule has 25 heavy (non-hydrogen) atoms. The second kappa shape index (κ2) is 7.01. The first kappa shape index (κ1) is 16.9. The molecule has 136 valence electrons. The minimum absolute atomic E-state index is 0.0444. The Kier molecular flexibility index (Phi) is 4.75. The third kappa shape index (κ3) is 3.86. The Labute approximate surface area is 152 Å². The van der Waals surface area contributed by atoms with Crippen molar-refractivity contribution in [1.82, 2.24) is 5.32 Å². The normalized spacial score (nSPS) is 32.6. The van der Waals surface area contributed by atoms with Gasteiger partial charge in [0.25, 0.3) is 0 Å². The molecule has 5 rings (SSSR count). The zero-order valence-electron chi connectivity index (χ0n) is 15.5. The van der Waals surface area contributed by atoms with E-state index in [4.69, 9.17) is 0 Å². The molecule has 0 atom stereocenters. The summed E-state index contributed by atoms with van der Waals surface area (Å²) in [6.07, 6.45) is 11.9. The number of carbonyl (C=O) groups is 1. The lowest BCUT2D eigenvalue weighted by Gasteiger charge is -2.56. The van der Waals surface area contributed by atoms with E-state index >= 15 is 0 Å². The number of anilines is 1. The van der Waals surface area contributed by atoms with Gasteiger partial charge in [0, 0.05) is 12.2 Å². The van der Waals surface area contributed by atoms with Crippen LogP contribution in [-0.2, 0) is 6.42 Å². The number of amides is 2. The van der Waals surface area contributed by atoms with Crippen LogP contribution in [-0.4, -0.2) is 12.6 Å². The number of unbranched alkanes of at least 4 members (excludes halogenated alkanes) is 1. The van der Waals surface area contributed by atoms with Gasteiger partial charge >= 0.3 is 6.03 Å². The lowest BCUT2D eigenvalue weighted by molar-refractivity contribution is -0.0496. The minimum Gasteiger partial charge on any atom is -0.337 e. The van der Waals surface area contributed by atoms with Crippen molar-refractivity contribution < 1.29 is 4.79 Å². The summed E-state index contributed by atoms with van der Waals surface area (Å²) in [6.45, 7) is 3.07. The minimum atomic E-state index is -0.0444. The van der Waals surface area contributed by atoms with Crippen LogP contribution in [0.4, 0.5) is 10.5 Å². The van der Waals surface area contributed by atoms with Crippen molar-refractivity contribution in [2.24, 2.45) is 23.2 Å². The largest absolute Gasteiger partial charge is 0.337 e. The highest BCUT2D eigenvalue weighted by atomic mass is 16.2. The van der Waals surface area contributed by atoms with Crippen molar-refractivity contribution in [1.29, 1.82) is 0 Å². The molecular formula is C22H32N2O. The van der Waals surface area contributed by atoms with Gasteiger partial charge in [-0.1, -0.05) is 25.5 Å². The molecule has 0 aromatic heterocycles. The molecule has 4 saturated carbocycles. The topological polar surface area (TPSA) is 41.1 Å². The molecule has 2 N–H and O–H groups in total. The molecule has 3 heteroatoms. The van der Waals surface area contributed by atoms with Gasteiger partial charge in [-0.25, -0.2) is 4.79 Å². The second-order valence-electron chi connectivity index (χ2n) is 9.03. The Hall–Kier alpha value is -1.51. The first-order chi connectivity index (χ1) is 12.1. The summed E-state index contributed by atoms with van der Waals surface area (Å²) in [6, 6.07) is 8.26. The Balaban J connectivity index is 1.28. The van der Waals surface area contributed by atoms with E-state index < -0.39 is 0 Å². The molecule has 3 nitrogen and oxygen atoms in total. The van der Waals surface area contributed by atoms with Crippen LogP contribution in [0.15, 0.2) is 24.3 Å². The molecule has 1 aromatic carbocycles. The zero-order valence-corrected chi connectivity index (χ0v) is 15.5. The maximum Gasteiger partial charge on any atom is 0.319 e. The van der Waals surface area contributed by atoms with E-state index in [1.54, 1.807) is 0 Å². The Morgan fingerprint density at radius 2 is 1.64 bits per heavy atom. The highest BCUT2D eigenvalue weighted by Gasteiger charge is 2.50. The van der Waals surface area contributed by atoms with E-state index in [2.05, 4.69) is 29.7 Å². The Morgan fingerprint density at radius 3 is 2.20 bits per heavy atom. The van der Waals surface area contributed by atoms with Gasteiger partial charge < -0.3 is 10.6 Å². The third-order valence-electron chi connectivity index (χ3n) is 6.82. The lowest BCUT2D eigenvalue weighted by Crippen LogP contribution is -2.51. The van der Waals surface area contributed by atoms with Gasteiger partial charge in [-0.3, -0.25) is 0 Å². The number of hydrogen-bond acceptors (Lipinski definition) is 1. The summed E-state index contributed by atoms with van der Waals surface area (Å²) in [7, 11) is 0. The van der Waals surface area contributed by atoms with E-state index in [0.29, 0.717) is 5.41 Å². The maximum atomic E-state index is 12.3. The molecule has 2 amide bonds. The first-order valence-electron chi connectivity index (χ1n) is 10.3. The predicted octanol–water partition coefficient (Wildman–Crippen LogP) is 5.37. The standard InChI is InChI=1S/C22H32N2O/c1-2-3-4-16-5-7-20(8-6-16)24-21(25)23-15-22-12-17-9-18(13-22)11-19(10-17)14-22/h5-8,17-19H,2-4,9-15H2,1H3,(H2,23,24,25). The molecule has 0 radical (unpaired) electrons. The van der Waals surface area contributed by atoms with Gasteiger partial charge in [0.2, 0.25) is 0 Å². The molecule has 0 spiro atoms. The van der Waals surface area contributed by atoms with Crippen molar-refractivity contribution >= 4 is 11.7 Å². The number of urea groups is 1. The van der Waals surface area contributed by atoms with Crippen LogP contribution < -0.4 is 10.6 Å². The van der Waals surface area contributed by atoms with Crippen molar-refractivity contribution in [2.45, 2.75) is 64.7 Å². The number of benzene rings is 1. The number of aryl methyl sites for hydroxylation is 1. The summed E-state index contributed by atoms with van der Waals surface area (Å²) in [4.78, 5) is 12.3. The van der Waals surface area contributed by atoms with E-state index in [0.717, 1.165) is 36.4 Å². The first-order valence-corrected chi connectivity index (χ1v) is 10.3. The molecule has 4 fully saturated rings. The highest BCUT2D eigenvalue weighted by Crippen LogP contribution is 2.59. The van der Waals surface area contributed by atoms with Gasteiger partial charge in [-0.15, -0.1) is 0 Å². The average molecular weight is 341 g/mol. The number of nitrogens with one attached hydrogen (secondary N) is 2. The summed E-state index contributed by atoms with van der Waals surface area (Å²) >= 11 is 0. The van der Waals surface area contributed by atoms with Crippen molar-refractivity contribution in [3.63, 3.8) is 0 Å². The van der Waals surface area contributed by atoms with Crippen LogP contribution in [0, 0.1) is 23.2 Å². The highest BCUT2D eigenvalue weighted by molar-refractivity contribution is 5.89. The lowest BCUT2D eigenvalue weighted by atomic mass is 9.49.